The van der Waals surface area contributed by atoms with Crippen molar-refractivity contribution in [2.24, 2.45) is 0 Å². The number of carbonyl (C=O) groups is 1. The highest BCUT2D eigenvalue weighted by Crippen LogP contribution is 2.28. The standard InChI is InChI=1S/C21H26N2O2/c1-4-16-8-7-12-23(14-16)13-11-18-17-9-5-6-10-19(17)22-20(18)15(2)21(24)25-3/h5-6,8-10,22H,2,4,7,11-14H2,1,3H3. The Morgan fingerprint density at radius 2 is 2.16 bits per heavy atom. The Hall–Kier alpha value is -2.33. The molecule has 0 saturated carbocycles. The van der Waals surface area contributed by atoms with Gasteiger partial charge in [-0.05, 0) is 30.9 Å². The highest BCUT2D eigenvalue weighted by molar-refractivity contribution is 6.16. The summed E-state index contributed by atoms with van der Waals surface area (Å²) in [6.07, 6.45) is 5.49. The van der Waals surface area contributed by atoms with Crippen LogP contribution in [0.5, 0.6) is 0 Å². The second kappa shape index (κ2) is 7.70. The van der Waals surface area contributed by atoms with E-state index in [1.165, 1.54) is 12.7 Å². The molecule has 25 heavy (non-hydrogen) atoms. The van der Waals surface area contributed by atoms with E-state index in [4.69, 9.17) is 4.74 Å². The van der Waals surface area contributed by atoms with E-state index in [9.17, 15) is 4.79 Å². The fraction of sp³-hybridized carbons (Fsp3) is 0.381. The fourth-order valence-corrected chi connectivity index (χ4v) is 3.54. The summed E-state index contributed by atoms with van der Waals surface area (Å²) in [4.78, 5) is 17.8. The van der Waals surface area contributed by atoms with Gasteiger partial charge >= 0.3 is 5.97 Å². The molecule has 1 N–H and O–H groups in total. The molecule has 0 atom stereocenters. The molecule has 0 saturated heterocycles. The lowest BCUT2D eigenvalue weighted by Gasteiger charge is -2.27. The highest BCUT2D eigenvalue weighted by Gasteiger charge is 2.20. The number of nitrogens with one attached hydrogen (secondary N) is 1. The molecule has 1 aromatic heterocycles. The zero-order chi connectivity index (χ0) is 17.8. The van der Waals surface area contributed by atoms with Gasteiger partial charge in [-0.15, -0.1) is 0 Å². The van der Waals surface area contributed by atoms with E-state index in [1.54, 1.807) is 0 Å². The number of ether oxygens (including phenoxy) is 1. The van der Waals surface area contributed by atoms with Gasteiger partial charge in [0.15, 0.2) is 0 Å². The Labute approximate surface area is 149 Å². The Morgan fingerprint density at radius 1 is 1.36 bits per heavy atom. The van der Waals surface area contributed by atoms with Gasteiger partial charge in [0.2, 0.25) is 0 Å². The average molecular weight is 338 g/mol. The second-order valence-corrected chi connectivity index (χ2v) is 6.53. The topological polar surface area (TPSA) is 45.3 Å². The molecule has 132 valence electrons. The van der Waals surface area contributed by atoms with Crippen molar-refractivity contribution in [3.8, 4) is 0 Å². The van der Waals surface area contributed by atoms with Crippen molar-refractivity contribution in [1.82, 2.24) is 9.88 Å². The normalized spacial score (nSPS) is 15.2. The van der Waals surface area contributed by atoms with Crippen molar-refractivity contribution < 1.29 is 9.53 Å². The summed E-state index contributed by atoms with van der Waals surface area (Å²) in [5.41, 5.74) is 4.89. The predicted molar refractivity (Wildman–Crippen MR) is 102 cm³/mol. The molecule has 4 heteroatoms. The van der Waals surface area contributed by atoms with Crippen molar-refractivity contribution in [2.45, 2.75) is 26.2 Å². The summed E-state index contributed by atoms with van der Waals surface area (Å²) in [5, 5.41) is 1.16. The van der Waals surface area contributed by atoms with Crippen molar-refractivity contribution >= 4 is 22.4 Å². The quantitative estimate of drug-likeness (QED) is 0.493. The molecule has 0 radical (unpaired) electrons. The van der Waals surface area contributed by atoms with Crippen LogP contribution in [0.15, 0.2) is 42.5 Å². The summed E-state index contributed by atoms with van der Waals surface area (Å²) < 4.78 is 4.86. The maximum atomic E-state index is 12.0. The average Bonchev–Trinajstić information content (AvgIpc) is 3.03. The maximum Gasteiger partial charge on any atom is 0.339 e. The third-order valence-electron chi connectivity index (χ3n) is 4.98. The van der Waals surface area contributed by atoms with Crippen LogP contribution >= 0.6 is 0 Å². The lowest BCUT2D eigenvalue weighted by Crippen LogP contribution is -2.31. The van der Waals surface area contributed by atoms with Crippen LogP contribution in [0.4, 0.5) is 0 Å². The number of H-pyrrole nitrogens is 1. The van der Waals surface area contributed by atoms with Crippen LogP contribution in [0.3, 0.4) is 0 Å². The minimum atomic E-state index is -0.387. The molecule has 1 aliphatic heterocycles. The van der Waals surface area contributed by atoms with Gasteiger partial charge < -0.3 is 9.72 Å². The van der Waals surface area contributed by atoms with Gasteiger partial charge in [-0.1, -0.05) is 43.4 Å². The van der Waals surface area contributed by atoms with Gasteiger partial charge in [0.25, 0.3) is 0 Å². The van der Waals surface area contributed by atoms with Crippen LogP contribution in [0.25, 0.3) is 16.5 Å². The largest absolute Gasteiger partial charge is 0.465 e. The van der Waals surface area contributed by atoms with Crippen LogP contribution < -0.4 is 0 Å². The molecule has 2 aromatic rings. The van der Waals surface area contributed by atoms with E-state index in [1.807, 2.05) is 18.2 Å². The number of methoxy groups -OCH3 is 1. The lowest BCUT2D eigenvalue weighted by molar-refractivity contribution is -0.133. The first-order chi connectivity index (χ1) is 12.1. The molecule has 0 amide bonds. The molecule has 0 unspecified atom stereocenters. The van der Waals surface area contributed by atoms with Crippen LogP contribution in [0.2, 0.25) is 0 Å². The zero-order valence-electron chi connectivity index (χ0n) is 15.1. The molecule has 0 spiro atoms. The van der Waals surface area contributed by atoms with Crippen LogP contribution in [-0.2, 0) is 16.0 Å². The Bertz CT molecular complexity index is 816. The van der Waals surface area contributed by atoms with Crippen molar-refractivity contribution in [3.05, 3.63) is 53.8 Å². The van der Waals surface area contributed by atoms with Crippen molar-refractivity contribution in [1.29, 1.82) is 0 Å². The third kappa shape index (κ3) is 3.69. The Kier molecular flexibility index (Phi) is 5.39. The van der Waals surface area contributed by atoms with Gasteiger partial charge in [0.05, 0.1) is 18.4 Å². The van der Waals surface area contributed by atoms with E-state index < -0.39 is 0 Å². The fourth-order valence-electron chi connectivity index (χ4n) is 3.54. The number of hydrogen-bond donors (Lipinski definition) is 1. The molecule has 0 bridgehead atoms. The number of aromatic nitrogens is 1. The first-order valence-corrected chi connectivity index (χ1v) is 8.91. The van der Waals surface area contributed by atoms with Crippen molar-refractivity contribution in [3.63, 3.8) is 0 Å². The number of rotatable bonds is 6. The molecule has 2 heterocycles. The van der Waals surface area contributed by atoms with Crippen LogP contribution in [-0.4, -0.2) is 42.6 Å². The van der Waals surface area contributed by atoms with E-state index >= 15 is 0 Å². The Morgan fingerprint density at radius 3 is 2.92 bits per heavy atom. The molecule has 0 fully saturated rings. The van der Waals surface area contributed by atoms with Gasteiger partial charge in [0.1, 0.15) is 0 Å². The van der Waals surface area contributed by atoms with Crippen molar-refractivity contribution in [2.75, 3.05) is 26.7 Å². The molecular weight excluding hydrogens is 312 g/mol. The molecule has 0 aliphatic carbocycles. The number of aromatic amines is 1. The number of carbonyl (C=O) groups excluding carboxylic acids is 1. The summed E-state index contributed by atoms with van der Waals surface area (Å²) in [6, 6.07) is 8.16. The van der Waals surface area contributed by atoms with Gasteiger partial charge in [-0.25, -0.2) is 4.79 Å². The van der Waals surface area contributed by atoms with Crippen LogP contribution in [0.1, 0.15) is 31.0 Å². The summed E-state index contributed by atoms with van der Waals surface area (Å²) in [7, 11) is 1.39. The van der Waals surface area contributed by atoms with Gasteiger partial charge in [-0.2, -0.15) is 0 Å². The molecule has 3 rings (SSSR count). The smallest absolute Gasteiger partial charge is 0.339 e. The monoisotopic (exact) mass is 338 g/mol. The van der Waals surface area contributed by atoms with Gasteiger partial charge in [-0.3, -0.25) is 4.90 Å². The highest BCUT2D eigenvalue weighted by atomic mass is 16.5. The number of hydrogen-bond acceptors (Lipinski definition) is 3. The van der Waals surface area contributed by atoms with E-state index in [-0.39, 0.29) is 5.97 Å². The predicted octanol–water partition coefficient (Wildman–Crippen LogP) is 3.94. The second-order valence-electron chi connectivity index (χ2n) is 6.53. The molecule has 1 aromatic carbocycles. The minimum absolute atomic E-state index is 0.387. The number of nitrogens with zero attached hydrogens (tertiary/aromatic N) is 1. The minimum Gasteiger partial charge on any atom is -0.465 e. The molecule has 4 nitrogen and oxygen atoms in total. The summed E-state index contributed by atoms with van der Waals surface area (Å²) >= 11 is 0. The van der Waals surface area contributed by atoms with Crippen LogP contribution in [0, 0.1) is 0 Å². The molecular formula is C21H26N2O2. The first kappa shape index (κ1) is 17.5. The Balaban J connectivity index is 1.85. The lowest BCUT2D eigenvalue weighted by atomic mass is 10.0. The van der Waals surface area contributed by atoms with E-state index in [2.05, 4.69) is 35.5 Å². The zero-order valence-corrected chi connectivity index (χ0v) is 15.1. The third-order valence-corrected chi connectivity index (χ3v) is 4.98. The number of esters is 1. The first-order valence-electron chi connectivity index (χ1n) is 8.91. The number of benzene rings is 1. The summed E-state index contributed by atoms with van der Waals surface area (Å²) in [6.45, 7) is 9.28. The van der Waals surface area contributed by atoms with Gasteiger partial charge in [0, 0.05) is 30.5 Å². The number of para-hydroxylation sites is 1. The maximum absolute atomic E-state index is 12.0. The SMILES string of the molecule is C=C(C(=O)OC)c1[nH]c2ccccc2c1CCN1CCC=C(CC)C1. The summed E-state index contributed by atoms with van der Waals surface area (Å²) in [5.74, 6) is -0.387. The number of fused-ring (bicyclic) bond motifs is 1. The van der Waals surface area contributed by atoms with E-state index in [0.717, 1.165) is 61.1 Å². The molecule has 1 aliphatic rings. The van der Waals surface area contributed by atoms with E-state index in [0.29, 0.717) is 5.57 Å².